The van der Waals surface area contributed by atoms with Gasteiger partial charge in [0.2, 0.25) is 0 Å². The van der Waals surface area contributed by atoms with Gasteiger partial charge in [-0.3, -0.25) is 4.79 Å². The predicted molar refractivity (Wildman–Crippen MR) is 35.2 cm³/mol. The number of nitrogens with zero attached hydrogens (tertiary/aromatic N) is 2. The molecule has 0 rings (SSSR count). The van der Waals surface area contributed by atoms with Crippen LogP contribution in [0.1, 0.15) is 13.3 Å². The topological polar surface area (TPSA) is 41.8 Å². The van der Waals surface area contributed by atoms with E-state index >= 15 is 0 Å². The van der Waals surface area contributed by atoms with Crippen LogP contribution in [0.15, 0.2) is 22.0 Å². The third-order valence-electron chi connectivity index (χ3n) is 0.851. The molecule has 0 amide bonds. The van der Waals surface area contributed by atoms with Gasteiger partial charge >= 0.3 is 0 Å². The average molecular weight is 126 g/mol. The Morgan fingerprint density at radius 2 is 2.33 bits per heavy atom. The van der Waals surface area contributed by atoms with Crippen molar-refractivity contribution in [2.24, 2.45) is 10.2 Å². The van der Waals surface area contributed by atoms with Gasteiger partial charge in [-0.2, -0.15) is 10.2 Å². The van der Waals surface area contributed by atoms with Gasteiger partial charge in [-0.15, -0.1) is 0 Å². The fourth-order valence-corrected chi connectivity index (χ4v) is 0.429. The molecule has 0 fully saturated rings. The molecular formula is C6H10N2O. The quantitative estimate of drug-likeness (QED) is 0.321. The van der Waals surface area contributed by atoms with Crippen LogP contribution in [0.3, 0.4) is 0 Å². The fourth-order valence-electron chi connectivity index (χ4n) is 0.429. The van der Waals surface area contributed by atoms with Gasteiger partial charge in [-0.05, 0) is 6.42 Å². The zero-order valence-corrected chi connectivity index (χ0v) is 5.66. The number of aldehydes is 1. The summed E-state index contributed by atoms with van der Waals surface area (Å²) in [7, 11) is 1.58. The molecule has 0 aromatic carbocycles. The van der Waals surface area contributed by atoms with Crippen molar-refractivity contribution in [3.8, 4) is 0 Å². The normalized spacial score (nSPS) is 12.4. The Hall–Kier alpha value is -0.990. The fraction of sp³-hybridized carbons (Fsp3) is 0.500. The number of carbonyl (C=O) groups is 1. The van der Waals surface area contributed by atoms with Gasteiger partial charge < -0.3 is 0 Å². The van der Waals surface area contributed by atoms with Crippen molar-refractivity contribution in [3.63, 3.8) is 0 Å². The Labute approximate surface area is 54.5 Å². The summed E-state index contributed by atoms with van der Waals surface area (Å²) in [4.78, 5) is 9.87. The molecule has 3 heteroatoms. The summed E-state index contributed by atoms with van der Waals surface area (Å²) in [5, 5.41) is 7.21. The van der Waals surface area contributed by atoms with Crippen molar-refractivity contribution in [2.45, 2.75) is 13.3 Å². The largest absolute Gasteiger partial charge is 0.298 e. The highest BCUT2D eigenvalue weighted by Crippen LogP contribution is 1.99. The Kier molecular flexibility index (Phi) is 4.59. The number of carbonyl (C=O) groups excluding carboxylic acids is 1. The van der Waals surface area contributed by atoms with Gasteiger partial charge in [0.25, 0.3) is 0 Å². The third kappa shape index (κ3) is 3.58. The summed E-state index contributed by atoms with van der Waals surface area (Å²) in [6.45, 7) is 1.92. The molecule has 0 heterocycles. The molecule has 0 saturated carbocycles. The number of hydrogen-bond donors (Lipinski definition) is 0. The molecule has 0 saturated heterocycles. The lowest BCUT2D eigenvalue weighted by Gasteiger charge is -1.87. The first-order valence-electron chi connectivity index (χ1n) is 2.79. The minimum atomic E-state index is 0.715. The standard InChI is InChI=1S/C6H10N2O/c1-3-6(4-5-9)8-7-2/h4-5H,3H2,1-2H3/b6-4+,8-7?. The highest BCUT2D eigenvalue weighted by Gasteiger charge is 1.85. The third-order valence-corrected chi connectivity index (χ3v) is 0.851. The van der Waals surface area contributed by atoms with Crippen molar-refractivity contribution in [3.05, 3.63) is 11.8 Å². The van der Waals surface area contributed by atoms with E-state index in [-0.39, 0.29) is 0 Å². The van der Waals surface area contributed by atoms with Gasteiger partial charge in [0.1, 0.15) is 6.29 Å². The molecule has 0 aliphatic carbocycles. The maximum absolute atomic E-state index is 9.87. The molecule has 0 bridgehead atoms. The number of allylic oxidation sites excluding steroid dienone is 2. The Morgan fingerprint density at radius 1 is 1.67 bits per heavy atom. The highest BCUT2D eigenvalue weighted by molar-refractivity contribution is 5.65. The van der Waals surface area contributed by atoms with E-state index in [0.717, 1.165) is 6.42 Å². The molecule has 50 valence electrons. The first kappa shape index (κ1) is 8.01. The molecule has 0 spiro atoms. The second-order valence-corrected chi connectivity index (χ2v) is 1.45. The molecule has 0 aromatic rings. The smallest absolute Gasteiger partial charge is 0.144 e. The van der Waals surface area contributed by atoms with E-state index in [1.165, 1.54) is 6.08 Å². The average Bonchev–Trinajstić information content (AvgIpc) is 1.88. The van der Waals surface area contributed by atoms with Gasteiger partial charge in [0.05, 0.1) is 5.70 Å². The van der Waals surface area contributed by atoms with Gasteiger partial charge in [-0.1, -0.05) is 6.92 Å². The molecule has 0 atom stereocenters. The van der Waals surface area contributed by atoms with Crippen molar-refractivity contribution in [1.82, 2.24) is 0 Å². The second kappa shape index (κ2) is 5.15. The molecule has 0 aliphatic heterocycles. The SMILES string of the molecule is CC/C(=C\C=O)N=NC. The summed E-state index contributed by atoms with van der Waals surface area (Å²) in [6, 6.07) is 0. The van der Waals surface area contributed by atoms with Crippen LogP contribution in [0.4, 0.5) is 0 Å². The lowest BCUT2D eigenvalue weighted by atomic mass is 10.3. The lowest BCUT2D eigenvalue weighted by molar-refractivity contribution is -0.104. The Balaban J connectivity index is 3.96. The molecule has 9 heavy (non-hydrogen) atoms. The monoisotopic (exact) mass is 126 g/mol. The van der Waals surface area contributed by atoms with Crippen LogP contribution >= 0.6 is 0 Å². The lowest BCUT2D eigenvalue weighted by Crippen LogP contribution is -1.73. The van der Waals surface area contributed by atoms with E-state index in [2.05, 4.69) is 10.2 Å². The van der Waals surface area contributed by atoms with E-state index < -0.39 is 0 Å². The molecule has 3 nitrogen and oxygen atoms in total. The maximum Gasteiger partial charge on any atom is 0.144 e. The van der Waals surface area contributed by atoms with E-state index in [1.54, 1.807) is 7.05 Å². The van der Waals surface area contributed by atoms with E-state index in [4.69, 9.17) is 0 Å². The molecular weight excluding hydrogens is 116 g/mol. The summed E-state index contributed by atoms with van der Waals surface area (Å²) in [5.74, 6) is 0. The van der Waals surface area contributed by atoms with Crippen LogP contribution in [-0.4, -0.2) is 13.3 Å². The number of hydrogen-bond acceptors (Lipinski definition) is 3. The van der Waals surface area contributed by atoms with Crippen LogP contribution in [0.5, 0.6) is 0 Å². The molecule has 0 aromatic heterocycles. The number of rotatable bonds is 3. The number of azo groups is 1. The van der Waals surface area contributed by atoms with E-state index in [0.29, 0.717) is 12.0 Å². The zero-order valence-electron chi connectivity index (χ0n) is 5.66. The summed E-state index contributed by atoms with van der Waals surface area (Å²) >= 11 is 0. The van der Waals surface area contributed by atoms with E-state index in [9.17, 15) is 4.79 Å². The van der Waals surface area contributed by atoms with Crippen molar-refractivity contribution in [1.29, 1.82) is 0 Å². The van der Waals surface area contributed by atoms with Crippen LogP contribution in [0.2, 0.25) is 0 Å². The minimum absolute atomic E-state index is 0.715. The minimum Gasteiger partial charge on any atom is -0.298 e. The van der Waals surface area contributed by atoms with Gasteiger partial charge in [0, 0.05) is 13.1 Å². The first-order chi connectivity index (χ1) is 4.35. The predicted octanol–water partition coefficient (Wildman–Crippen LogP) is 1.56. The second-order valence-electron chi connectivity index (χ2n) is 1.45. The van der Waals surface area contributed by atoms with Gasteiger partial charge in [-0.25, -0.2) is 0 Å². The molecule has 0 radical (unpaired) electrons. The zero-order chi connectivity index (χ0) is 7.11. The van der Waals surface area contributed by atoms with Crippen LogP contribution < -0.4 is 0 Å². The van der Waals surface area contributed by atoms with Crippen molar-refractivity contribution < 1.29 is 4.79 Å². The Morgan fingerprint density at radius 3 is 2.67 bits per heavy atom. The summed E-state index contributed by atoms with van der Waals surface area (Å²) in [5.41, 5.74) is 0.715. The molecule has 0 unspecified atom stereocenters. The van der Waals surface area contributed by atoms with Crippen molar-refractivity contribution >= 4 is 6.29 Å². The van der Waals surface area contributed by atoms with Gasteiger partial charge in [0.15, 0.2) is 0 Å². The van der Waals surface area contributed by atoms with Crippen LogP contribution in [0, 0.1) is 0 Å². The van der Waals surface area contributed by atoms with Crippen LogP contribution in [0.25, 0.3) is 0 Å². The molecule has 0 aliphatic rings. The Bertz CT molecular complexity index is 138. The highest BCUT2D eigenvalue weighted by atomic mass is 16.1. The summed E-state index contributed by atoms with van der Waals surface area (Å²) in [6.07, 6.45) is 2.87. The van der Waals surface area contributed by atoms with Crippen LogP contribution in [-0.2, 0) is 4.79 Å². The molecule has 0 N–H and O–H groups in total. The van der Waals surface area contributed by atoms with E-state index in [1.807, 2.05) is 6.92 Å². The summed E-state index contributed by atoms with van der Waals surface area (Å²) < 4.78 is 0. The maximum atomic E-state index is 9.87. The first-order valence-corrected chi connectivity index (χ1v) is 2.79. The van der Waals surface area contributed by atoms with Crippen molar-refractivity contribution in [2.75, 3.05) is 7.05 Å².